The van der Waals surface area contributed by atoms with Gasteiger partial charge in [-0.05, 0) is 23.6 Å². The molecule has 1 aromatic rings. The maximum absolute atomic E-state index is 12.0. The van der Waals surface area contributed by atoms with Crippen molar-refractivity contribution in [1.29, 1.82) is 0 Å². The Morgan fingerprint density at radius 3 is 2.25 bits per heavy atom. The van der Waals surface area contributed by atoms with Crippen molar-refractivity contribution >= 4 is 16.0 Å². The third kappa shape index (κ3) is 4.92. The molecule has 7 heteroatoms. The largest absolute Gasteiger partial charge is 0.481 e. The SMILES string of the molecule is CC(C)C(O)CNS(=O)(=O)c1ccc(CC(=O)O)cc1. The van der Waals surface area contributed by atoms with Crippen LogP contribution in [0, 0.1) is 5.92 Å². The van der Waals surface area contributed by atoms with Crippen LogP contribution in [0.2, 0.25) is 0 Å². The van der Waals surface area contributed by atoms with Crippen LogP contribution in [-0.2, 0) is 21.2 Å². The normalized spacial score (nSPS) is 13.4. The Bertz CT molecular complexity index is 551. The van der Waals surface area contributed by atoms with Crippen LogP contribution in [0.25, 0.3) is 0 Å². The number of carbonyl (C=O) groups is 1. The van der Waals surface area contributed by atoms with Crippen LogP contribution < -0.4 is 4.72 Å². The summed E-state index contributed by atoms with van der Waals surface area (Å²) in [6, 6.07) is 5.62. The van der Waals surface area contributed by atoms with E-state index >= 15 is 0 Å². The summed E-state index contributed by atoms with van der Waals surface area (Å²) in [6.07, 6.45) is -0.907. The third-order valence-electron chi connectivity index (χ3n) is 2.84. The van der Waals surface area contributed by atoms with Gasteiger partial charge in [0, 0.05) is 6.54 Å². The minimum atomic E-state index is -3.69. The molecule has 0 heterocycles. The second kappa shape index (κ2) is 6.83. The third-order valence-corrected chi connectivity index (χ3v) is 4.28. The molecule has 6 nitrogen and oxygen atoms in total. The number of benzene rings is 1. The number of aliphatic hydroxyl groups excluding tert-OH is 1. The van der Waals surface area contributed by atoms with Crippen LogP contribution >= 0.6 is 0 Å². The molecule has 0 bridgehead atoms. The van der Waals surface area contributed by atoms with E-state index in [1.807, 2.05) is 0 Å². The van der Waals surface area contributed by atoms with Crippen molar-refractivity contribution in [2.75, 3.05) is 6.54 Å². The Labute approximate surface area is 118 Å². The van der Waals surface area contributed by atoms with Gasteiger partial charge in [-0.1, -0.05) is 26.0 Å². The Hall–Kier alpha value is -1.44. The number of hydrogen-bond acceptors (Lipinski definition) is 4. The van der Waals surface area contributed by atoms with E-state index in [2.05, 4.69) is 4.72 Å². The van der Waals surface area contributed by atoms with Gasteiger partial charge in [0.1, 0.15) is 0 Å². The van der Waals surface area contributed by atoms with Crippen molar-refractivity contribution in [2.24, 2.45) is 5.92 Å². The summed E-state index contributed by atoms with van der Waals surface area (Å²) in [6.45, 7) is 3.52. The molecule has 0 amide bonds. The quantitative estimate of drug-likeness (QED) is 0.684. The van der Waals surface area contributed by atoms with Crippen LogP contribution in [0.5, 0.6) is 0 Å². The summed E-state index contributed by atoms with van der Waals surface area (Å²) >= 11 is 0. The molecule has 0 aliphatic heterocycles. The van der Waals surface area contributed by atoms with E-state index in [0.29, 0.717) is 5.56 Å². The first-order valence-corrected chi connectivity index (χ1v) is 7.69. The van der Waals surface area contributed by atoms with Gasteiger partial charge in [-0.2, -0.15) is 0 Å². The first kappa shape index (κ1) is 16.6. The van der Waals surface area contributed by atoms with Crippen molar-refractivity contribution in [2.45, 2.75) is 31.3 Å². The van der Waals surface area contributed by atoms with Crippen molar-refractivity contribution in [3.63, 3.8) is 0 Å². The van der Waals surface area contributed by atoms with Gasteiger partial charge >= 0.3 is 5.97 Å². The zero-order valence-electron chi connectivity index (χ0n) is 11.4. The number of sulfonamides is 1. The van der Waals surface area contributed by atoms with E-state index in [-0.39, 0.29) is 23.8 Å². The Morgan fingerprint density at radius 1 is 1.25 bits per heavy atom. The van der Waals surface area contributed by atoms with Gasteiger partial charge in [0.15, 0.2) is 0 Å². The monoisotopic (exact) mass is 301 g/mol. The predicted octanol–water partition coefficient (Wildman–Crippen LogP) is 0.609. The molecule has 1 rings (SSSR count). The predicted molar refractivity (Wildman–Crippen MR) is 73.8 cm³/mol. The zero-order chi connectivity index (χ0) is 15.3. The molecule has 0 saturated heterocycles. The van der Waals surface area contributed by atoms with Crippen LogP contribution in [0.15, 0.2) is 29.2 Å². The Balaban J connectivity index is 2.75. The molecule has 0 spiro atoms. The molecule has 0 saturated carbocycles. The minimum absolute atomic E-state index is 0.0441. The van der Waals surface area contributed by atoms with Gasteiger partial charge in [0.25, 0.3) is 0 Å². The number of nitrogens with one attached hydrogen (secondary N) is 1. The summed E-state index contributed by atoms with van der Waals surface area (Å²) in [4.78, 5) is 10.6. The van der Waals surface area contributed by atoms with Crippen LogP contribution in [0.4, 0.5) is 0 Å². The second-order valence-corrected chi connectivity index (χ2v) is 6.64. The number of aliphatic carboxylic acids is 1. The van der Waals surface area contributed by atoms with E-state index in [1.54, 1.807) is 13.8 Å². The average molecular weight is 301 g/mol. The molecule has 1 aromatic carbocycles. The fraction of sp³-hybridized carbons (Fsp3) is 0.462. The highest BCUT2D eigenvalue weighted by Gasteiger charge is 2.17. The fourth-order valence-electron chi connectivity index (χ4n) is 1.48. The lowest BCUT2D eigenvalue weighted by molar-refractivity contribution is -0.136. The molecule has 3 N–H and O–H groups in total. The summed E-state index contributed by atoms with van der Waals surface area (Å²) in [5.41, 5.74) is 0.527. The lowest BCUT2D eigenvalue weighted by Gasteiger charge is -2.15. The van der Waals surface area contributed by atoms with E-state index in [9.17, 15) is 18.3 Å². The summed E-state index contributed by atoms with van der Waals surface area (Å²) in [7, 11) is -3.69. The van der Waals surface area contributed by atoms with Crippen molar-refractivity contribution in [3.8, 4) is 0 Å². The molecule has 0 aliphatic rings. The van der Waals surface area contributed by atoms with Gasteiger partial charge in [-0.15, -0.1) is 0 Å². The molecule has 0 aromatic heterocycles. The Kier molecular flexibility index (Phi) is 5.67. The topological polar surface area (TPSA) is 104 Å². The highest BCUT2D eigenvalue weighted by atomic mass is 32.2. The van der Waals surface area contributed by atoms with E-state index in [4.69, 9.17) is 5.11 Å². The van der Waals surface area contributed by atoms with E-state index in [0.717, 1.165) is 0 Å². The first-order valence-electron chi connectivity index (χ1n) is 6.21. The van der Waals surface area contributed by atoms with Crippen LogP contribution in [-0.4, -0.2) is 37.2 Å². The number of carboxylic acid groups (broad SMARTS) is 1. The number of carboxylic acids is 1. The van der Waals surface area contributed by atoms with Crippen molar-refractivity contribution in [3.05, 3.63) is 29.8 Å². The van der Waals surface area contributed by atoms with Gasteiger partial charge in [-0.25, -0.2) is 13.1 Å². The molecular formula is C13H19NO5S. The number of rotatable bonds is 7. The maximum atomic E-state index is 12.0. The van der Waals surface area contributed by atoms with Gasteiger partial charge in [0.05, 0.1) is 17.4 Å². The molecule has 0 fully saturated rings. The fourth-order valence-corrected chi connectivity index (χ4v) is 2.53. The highest BCUT2D eigenvalue weighted by Crippen LogP contribution is 2.11. The highest BCUT2D eigenvalue weighted by molar-refractivity contribution is 7.89. The molecule has 0 radical (unpaired) electrons. The van der Waals surface area contributed by atoms with E-state index in [1.165, 1.54) is 24.3 Å². The average Bonchev–Trinajstić information content (AvgIpc) is 2.35. The standard InChI is InChI=1S/C13H19NO5S/c1-9(2)12(15)8-14-20(18,19)11-5-3-10(4-6-11)7-13(16)17/h3-6,9,12,14-15H,7-8H2,1-2H3,(H,16,17). The van der Waals surface area contributed by atoms with Gasteiger partial charge in [-0.3, -0.25) is 4.79 Å². The lowest BCUT2D eigenvalue weighted by Crippen LogP contribution is -2.34. The molecular weight excluding hydrogens is 282 g/mol. The number of hydrogen-bond donors (Lipinski definition) is 3. The van der Waals surface area contributed by atoms with E-state index < -0.39 is 22.1 Å². The van der Waals surface area contributed by atoms with Crippen LogP contribution in [0.1, 0.15) is 19.4 Å². The second-order valence-electron chi connectivity index (χ2n) is 4.88. The molecule has 20 heavy (non-hydrogen) atoms. The first-order chi connectivity index (χ1) is 9.22. The lowest BCUT2D eigenvalue weighted by atomic mass is 10.1. The summed E-state index contributed by atoms with van der Waals surface area (Å²) < 4.78 is 26.2. The molecule has 1 atom stereocenters. The molecule has 1 unspecified atom stereocenters. The maximum Gasteiger partial charge on any atom is 0.307 e. The van der Waals surface area contributed by atoms with Gasteiger partial charge < -0.3 is 10.2 Å². The van der Waals surface area contributed by atoms with Gasteiger partial charge in [0.2, 0.25) is 10.0 Å². The minimum Gasteiger partial charge on any atom is -0.481 e. The van der Waals surface area contributed by atoms with Crippen LogP contribution in [0.3, 0.4) is 0 Å². The zero-order valence-corrected chi connectivity index (χ0v) is 12.2. The van der Waals surface area contributed by atoms with Crippen molar-refractivity contribution in [1.82, 2.24) is 4.72 Å². The van der Waals surface area contributed by atoms with Crippen molar-refractivity contribution < 1.29 is 23.4 Å². The smallest absolute Gasteiger partial charge is 0.307 e. The summed E-state index contributed by atoms with van der Waals surface area (Å²) in [5.74, 6) is -1.02. The Morgan fingerprint density at radius 2 is 1.80 bits per heavy atom. The number of aliphatic hydroxyl groups is 1. The molecule has 112 valence electrons. The molecule has 0 aliphatic carbocycles. The summed E-state index contributed by atoms with van der Waals surface area (Å²) in [5, 5.41) is 18.2.